The van der Waals surface area contributed by atoms with Crippen LogP contribution in [0.25, 0.3) is 0 Å². The molecular formula is C11H19N. The van der Waals surface area contributed by atoms with E-state index < -0.39 is 0 Å². The van der Waals surface area contributed by atoms with Gasteiger partial charge in [-0.15, -0.1) is 0 Å². The zero-order valence-electron chi connectivity index (χ0n) is 8.81. The maximum absolute atomic E-state index is 3.94. The molecule has 0 rings (SSSR count). The van der Waals surface area contributed by atoms with Gasteiger partial charge >= 0.3 is 0 Å². The Balaban J connectivity index is 4.93. The maximum atomic E-state index is 3.94. The van der Waals surface area contributed by atoms with E-state index in [1.165, 1.54) is 11.3 Å². The van der Waals surface area contributed by atoms with Crippen LogP contribution in [0.1, 0.15) is 20.8 Å². The molecule has 1 nitrogen and oxygen atoms in total. The van der Waals surface area contributed by atoms with Gasteiger partial charge in [0, 0.05) is 19.8 Å². The number of nitrogens with zero attached hydrogens (tertiary/aromatic N) is 1. The molecule has 0 saturated heterocycles. The molecule has 0 radical (unpaired) electrons. The van der Waals surface area contributed by atoms with E-state index in [2.05, 4.69) is 24.5 Å². The summed E-state index contributed by atoms with van der Waals surface area (Å²) in [4.78, 5) is 2.10. The molecule has 68 valence electrons. The summed E-state index contributed by atoms with van der Waals surface area (Å²) in [6.07, 6.45) is 4.13. The molecule has 1 heteroatoms. The highest BCUT2D eigenvalue weighted by atomic mass is 15.1. The van der Waals surface area contributed by atoms with Crippen LogP contribution in [0.3, 0.4) is 0 Å². The van der Waals surface area contributed by atoms with Gasteiger partial charge < -0.3 is 4.90 Å². The Labute approximate surface area is 76.1 Å². The summed E-state index contributed by atoms with van der Waals surface area (Å²) in [7, 11) is 4.09. The summed E-state index contributed by atoms with van der Waals surface area (Å²) in [5.74, 6) is 0. The third-order valence-corrected chi connectivity index (χ3v) is 1.85. The molecule has 0 unspecified atom stereocenters. The van der Waals surface area contributed by atoms with Crippen LogP contribution in [0.4, 0.5) is 0 Å². The van der Waals surface area contributed by atoms with Crippen molar-refractivity contribution in [1.82, 2.24) is 4.90 Å². The van der Waals surface area contributed by atoms with Crippen LogP contribution in [0.5, 0.6) is 0 Å². The molecule has 0 atom stereocenters. The highest BCUT2D eigenvalue weighted by Crippen LogP contribution is 2.15. The van der Waals surface area contributed by atoms with Gasteiger partial charge in [-0.1, -0.05) is 18.7 Å². The molecule has 0 aromatic carbocycles. The van der Waals surface area contributed by atoms with Gasteiger partial charge in [-0.25, -0.2) is 0 Å². The second-order valence-electron chi connectivity index (χ2n) is 3.17. The summed E-state index contributed by atoms with van der Waals surface area (Å²) in [5, 5.41) is 0. The largest absolute Gasteiger partial charge is 0.381 e. The van der Waals surface area contributed by atoms with Crippen LogP contribution in [0.2, 0.25) is 0 Å². The summed E-state index contributed by atoms with van der Waals surface area (Å²) < 4.78 is 0. The lowest BCUT2D eigenvalue weighted by atomic mass is 10.1. The van der Waals surface area contributed by atoms with E-state index >= 15 is 0 Å². The molecule has 0 fully saturated rings. The lowest BCUT2D eigenvalue weighted by Crippen LogP contribution is -2.10. The number of rotatable bonds is 3. The van der Waals surface area contributed by atoms with E-state index in [0.717, 1.165) is 5.57 Å². The second-order valence-corrected chi connectivity index (χ2v) is 3.17. The van der Waals surface area contributed by atoms with Crippen molar-refractivity contribution in [1.29, 1.82) is 0 Å². The first-order chi connectivity index (χ1) is 5.50. The Morgan fingerprint density at radius 1 is 1.25 bits per heavy atom. The minimum absolute atomic E-state index is 1.11. The average Bonchev–Trinajstić information content (AvgIpc) is 1.98. The standard InChI is InChI=1S/C11H19N/c1-7-8-11(9(2)3)10(4)12(5)6/h7-8H,2H2,1,3-6H3/b8-7+,11-10+. The van der Waals surface area contributed by atoms with Crippen molar-refractivity contribution in [2.45, 2.75) is 20.8 Å². The number of hydrogen-bond acceptors (Lipinski definition) is 1. The van der Waals surface area contributed by atoms with Crippen LogP contribution in [0, 0.1) is 0 Å². The zero-order valence-corrected chi connectivity index (χ0v) is 8.81. The summed E-state index contributed by atoms with van der Waals surface area (Å²) in [6.45, 7) is 10.1. The molecule has 0 saturated carbocycles. The van der Waals surface area contributed by atoms with Crippen molar-refractivity contribution in [2.24, 2.45) is 0 Å². The average molecular weight is 165 g/mol. The fourth-order valence-corrected chi connectivity index (χ4v) is 0.979. The molecule has 0 amide bonds. The quantitative estimate of drug-likeness (QED) is 0.581. The number of hydrogen-bond donors (Lipinski definition) is 0. The monoisotopic (exact) mass is 165 g/mol. The summed E-state index contributed by atoms with van der Waals surface area (Å²) in [5.41, 5.74) is 3.59. The SMILES string of the molecule is C=C(C)C(/C=C/C)=C(\C)N(C)C. The third-order valence-electron chi connectivity index (χ3n) is 1.85. The van der Waals surface area contributed by atoms with E-state index in [0.29, 0.717) is 0 Å². The van der Waals surface area contributed by atoms with Gasteiger partial charge in [0.15, 0.2) is 0 Å². The highest BCUT2D eigenvalue weighted by Gasteiger charge is 2.00. The Morgan fingerprint density at radius 2 is 1.75 bits per heavy atom. The molecule has 0 aromatic heterocycles. The first-order valence-electron chi connectivity index (χ1n) is 4.17. The van der Waals surface area contributed by atoms with Crippen LogP contribution in [0.15, 0.2) is 35.6 Å². The van der Waals surface area contributed by atoms with Crippen molar-refractivity contribution in [3.8, 4) is 0 Å². The molecule has 0 heterocycles. The number of allylic oxidation sites excluding steroid dienone is 5. The molecule has 0 N–H and O–H groups in total. The first kappa shape index (κ1) is 11.0. The topological polar surface area (TPSA) is 3.24 Å². The molecule has 0 bridgehead atoms. The Hall–Kier alpha value is -0.980. The second kappa shape index (κ2) is 4.81. The highest BCUT2D eigenvalue weighted by molar-refractivity contribution is 5.39. The summed E-state index contributed by atoms with van der Waals surface area (Å²) >= 11 is 0. The molecule has 0 spiro atoms. The van der Waals surface area contributed by atoms with Crippen LogP contribution >= 0.6 is 0 Å². The molecular weight excluding hydrogens is 146 g/mol. The van der Waals surface area contributed by atoms with Gasteiger partial charge in [-0.3, -0.25) is 0 Å². The Kier molecular flexibility index (Phi) is 4.42. The minimum Gasteiger partial charge on any atom is -0.381 e. The predicted octanol–water partition coefficient (Wildman–Crippen LogP) is 2.97. The smallest absolute Gasteiger partial charge is 0.0172 e. The van der Waals surface area contributed by atoms with Crippen molar-refractivity contribution in [2.75, 3.05) is 14.1 Å². The van der Waals surface area contributed by atoms with Gasteiger partial charge in [0.1, 0.15) is 0 Å². The maximum Gasteiger partial charge on any atom is 0.0172 e. The molecule has 0 aliphatic carbocycles. The van der Waals surface area contributed by atoms with Crippen molar-refractivity contribution in [3.63, 3.8) is 0 Å². The molecule has 0 aliphatic heterocycles. The van der Waals surface area contributed by atoms with E-state index in [1.807, 2.05) is 34.0 Å². The Bertz CT molecular complexity index is 219. The van der Waals surface area contributed by atoms with Crippen molar-refractivity contribution in [3.05, 3.63) is 35.6 Å². The van der Waals surface area contributed by atoms with Crippen molar-refractivity contribution < 1.29 is 0 Å². The van der Waals surface area contributed by atoms with Crippen molar-refractivity contribution >= 4 is 0 Å². The van der Waals surface area contributed by atoms with Gasteiger partial charge in [0.05, 0.1) is 0 Å². The normalized spacial score (nSPS) is 13.1. The lowest BCUT2D eigenvalue weighted by molar-refractivity contribution is 0.510. The zero-order chi connectivity index (χ0) is 9.72. The van der Waals surface area contributed by atoms with Gasteiger partial charge in [-0.2, -0.15) is 0 Å². The first-order valence-corrected chi connectivity index (χ1v) is 4.17. The third kappa shape index (κ3) is 2.95. The fourth-order valence-electron chi connectivity index (χ4n) is 0.979. The van der Waals surface area contributed by atoms with E-state index in [4.69, 9.17) is 0 Å². The van der Waals surface area contributed by atoms with Crippen LogP contribution in [-0.2, 0) is 0 Å². The molecule has 0 aliphatic rings. The van der Waals surface area contributed by atoms with Gasteiger partial charge in [0.2, 0.25) is 0 Å². The predicted molar refractivity (Wildman–Crippen MR) is 56.0 cm³/mol. The van der Waals surface area contributed by atoms with E-state index in [9.17, 15) is 0 Å². The van der Waals surface area contributed by atoms with Gasteiger partial charge in [-0.05, 0) is 31.9 Å². The minimum atomic E-state index is 1.11. The Morgan fingerprint density at radius 3 is 2.00 bits per heavy atom. The fraction of sp³-hybridized carbons (Fsp3) is 0.455. The van der Waals surface area contributed by atoms with E-state index in [-0.39, 0.29) is 0 Å². The van der Waals surface area contributed by atoms with E-state index in [1.54, 1.807) is 0 Å². The molecule has 0 aromatic rings. The van der Waals surface area contributed by atoms with Gasteiger partial charge in [0.25, 0.3) is 0 Å². The van der Waals surface area contributed by atoms with Crippen LogP contribution < -0.4 is 0 Å². The molecule has 12 heavy (non-hydrogen) atoms. The summed E-state index contributed by atoms with van der Waals surface area (Å²) in [6, 6.07) is 0. The lowest BCUT2D eigenvalue weighted by Gasteiger charge is -2.16. The van der Waals surface area contributed by atoms with Crippen LogP contribution in [-0.4, -0.2) is 19.0 Å².